The highest BCUT2D eigenvalue weighted by Crippen LogP contribution is 2.17. The fourth-order valence-corrected chi connectivity index (χ4v) is 2.93. The van der Waals surface area contributed by atoms with E-state index in [1.54, 1.807) is 23.1 Å². The Labute approximate surface area is 140 Å². The highest BCUT2D eigenvalue weighted by Gasteiger charge is 2.37. The van der Waals surface area contributed by atoms with Crippen LogP contribution in [-0.2, 0) is 29.2 Å². The molecule has 0 bridgehead atoms. The molecular formula is C17H21N5O2. The van der Waals surface area contributed by atoms with Crippen molar-refractivity contribution in [1.82, 2.24) is 24.6 Å². The van der Waals surface area contributed by atoms with E-state index in [0.29, 0.717) is 18.9 Å². The van der Waals surface area contributed by atoms with E-state index in [2.05, 4.69) is 10.2 Å². The van der Waals surface area contributed by atoms with Gasteiger partial charge in [0.25, 0.3) is 0 Å². The third kappa shape index (κ3) is 3.15. The Morgan fingerprint density at radius 1 is 1.17 bits per heavy atom. The van der Waals surface area contributed by atoms with Crippen molar-refractivity contribution in [3.8, 4) is 0 Å². The molecule has 0 N–H and O–H groups in total. The third-order valence-corrected chi connectivity index (χ3v) is 4.35. The molecule has 0 spiro atoms. The lowest BCUT2D eigenvalue weighted by molar-refractivity contribution is -0.156. The zero-order valence-electron chi connectivity index (χ0n) is 13.9. The zero-order chi connectivity index (χ0) is 17.1. The van der Waals surface area contributed by atoms with Gasteiger partial charge in [0, 0.05) is 13.1 Å². The van der Waals surface area contributed by atoms with E-state index >= 15 is 0 Å². The van der Waals surface area contributed by atoms with Gasteiger partial charge < -0.3 is 14.4 Å². The summed E-state index contributed by atoms with van der Waals surface area (Å²) in [6, 6.07) is 9.20. The number of carbonyl (C=O) groups is 2. The van der Waals surface area contributed by atoms with E-state index in [1.807, 2.05) is 41.8 Å². The van der Waals surface area contributed by atoms with Crippen LogP contribution >= 0.6 is 0 Å². The number of amides is 2. The maximum absolute atomic E-state index is 12.7. The highest BCUT2D eigenvalue weighted by molar-refractivity contribution is 5.94. The molecule has 1 aliphatic rings. The Hall–Kier alpha value is -2.70. The van der Waals surface area contributed by atoms with Gasteiger partial charge in [0.1, 0.15) is 18.9 Å². The molecule has 0 aliphatic carbocycles. The van der Waals surface area contributed by atoms with Crippen molar-refractivity contribution in [2.75, 3.05) is 6.54 Å². The molecule has 3 rings (SSSR count). The van der Waals surface area contributed by atoms with Crippen molar-refractivity contribution in [2.45, 2.75) is 39.5 Å². The maximum atomic E-state index is 12.7. The van der Waals surface area contributed by atoms with Gasteiger partial charge in [0.2, 0.25) is 11.8 Å². The summed E-state index contributed by atoms with van der Waals surface area (Å²) in [6.07, 6.45) is 1.64. The Morgan fingerprint density at radius 2 is 1.92 bits per heavy atom. The molecule has 1 fully saturated rings. The van der Waals surface area contributed by atoms with Crippen molar-refractivity contribution in [3.05, 3.63) is 48.0 Å². The summed E-state index contributed by atoms with van der Waals surface area (Å²) in [5.74, 6) is 0.590. The van der Waals surface area contributed by atoms with Crippen LogP contribution in [0, 0.1) is 0 Å². The van der Waals surface area contributed by atoms with Gasteiger partial charge in [-0.1, -0.05) is 30.3 Å². The number of carbonyl (C=O) groups excluding carboxylic acids is 2. The van der Waals surface area contributed by atoms with E-state index in [-0.39, 0.29) is 18.4 Å². The first-order chi connectivity index (χ1) is 11.6. The largest absolute Gasteiger partial charge is 0.327 e. The molecule has 1 aromatic carbocycles. The van der Waals surface area contributed by atoms with Crippen LogP contribution in [0.2, 0.25) is 0 Å². The molecule has 2 amide bonds. The number of piperazine rings is 1. The maximum Gasteiger partial charge on any atom is 0.245 e. The molecule has 0 radical (unpaired) electrons. The molecule has 7 nitrogen and oxygen atoms in total. The minimum absolute atomic E-state index is 0.0407. The van der Waals surface area contributed by atoms with Crippen molar-refractivity contribution in [1.29, 1.82) is 0 Å². The zero-order valence-corrected chi connectivity index (χ0v) is 13.9. The molecule has 24 heavy (non-hydrogen) atoms. The molecule has 1 aliphatic heterocycles. The number of hydrogen-bond donors (Lipinski definition) is 0. The molecule has 1 atom stereocenters. The van der Waals surface area contributed by atoms with Crippen LogP contribution in [0.15, 0.2) is 36.7 Å². The van der Waals surface area contributed by atoms with Gasteiger partial charge in [-0.05, 0) is 19.4 Å². The molecular weight excluding hydrogens is 306 g/mol. The number of nitrogens with zero attached hydrogens (tertiary/aromatic N) is 5. The minimum atomic E-state index is -0.503. The lowest BCUT2D eigenvalue weighted by atomic mass is 10.1. The van der Waals surface area contributed by atoms with Gasteiger partial charge >= 0.3 is 0 Å². The molecule has 0 unspecified atom stereocenters. The lowest BCUT2D eigenvalue weighted by Crippen LogP contribution is -2.58. The van der Waals surface area contributed by atoms with Crippen molar-refractivity contribution in [3.63, 3.8) is 0 Å². The fraction of sp³-hybridized carbons (Fsp3) is 0.412. The van der Waals surface area contributed by atoms with Crippen molar-refractivity contribution < 1.29 is 9.59 Å². The Morgan fingerprint density at radius 3 is 2.62 bits per heavy atom. The van der Waals surface area contributed by atoms with Crippen molar-refractivity contribution in [2.24, 2.45) is 0 Å². The predicted molar refractivity (Wildman–Crippen MR) is 87.6 cm³/mol. The number of rotatable bonds is 5. The third-order valence-electron chi connectivity index (χ3n) is 4.35. The van der Waals surface area contributed by atoms with E-state index in [0.717, 1.165) is 12.1 Å². The second-order valence-corrected chi connectivity index (χ2v) is 5.91. The van der Waals surface area contributed by atoms with Crippen LogP contribution < -0.4 is 0 Å². The molecule has 7 heteroatoms. The average molecular weight is 327 g/mol. The molecule has 1 aromatic heterocycles. The Bertz CT molecular complexity index is 728. The molecule has 0 saturated carbocycles. The summed E-state index contributed by atoms with van der Waals surface area (Å²) in [5, 5.41) is 7.93. The van der Waals surface area contributed by atoms with Gasteiger partial charge in [0.15, 0.2) is 5.82 Å². The topological polar surface area (TPSA) is 71.3 Å². The van der Waals surface area contributed by atoms with E-state index in [4.69, 9.17) is 0 Å². The Kier molecular flexibility index (Phi) is 4.59. The molecule has 126 valence electrons. The first-order valence-corrected chi connectivity index (χ1v) is 8.09. The van der Waals surface area contributed by atoms with Gasteiger partial charge in [-0.3, -0.25) is 9.59 Å². The van der Waals surface area contributed by atoms with Crippen LogP contribution in [0.5, 0.6) is 0 Å². The summed E-state index contributed by atoms with van der Waals surface area (Å²) in [4.78, 5) is 28.4. The second-order valence-electron chi connectivity index (χ2n) is 5.91. The second kappa shape index (κ2) is 6.82. The summed E-state index contributed by atoms with van der Waals surface area (Å²) in [7, 11) is 0. The fourth-order valence-electron chi connectivity index (χ4n) is 2.93. The first-order valence-electron chi connectivity index (χ1n) is 8.09. The van der Waals surface area contributed by atoms with Gasteiger partial charge in [-0.15, -0.1) is 10.2 Å². The van der Waals surface area contributed by atoms with Crippen LogP contribution in [0.1, 0.15) is 25.2 Å². The Balaban J connectivity index is 1.72. The molecule has 2 heterocycles. The summed E-state index contributed by atoms with van der Waals surface area (Å²) >= 11 is 0. The normalized spacial score (nSPS) is 18.3. The van der Waals surface area contributed by atoms with E-state index in [1.165, 1.54) is 0 Å². The number of aromatic nitrogens is 3. The van der Waals surface area contributed by atoms with Crippen LogP contribution in [0.25, 0.3) is 0 Å². The lowest BCUT2D eigenvalue weighted by Gasteiger charge is -2.38. The monoisotopic (exact) mass is 327 g/mol. The number of aryl methyl sites for hydroxylation is 1. The van der Waals surface area contributed by atoms with Crippen LogP contribution in [0.3, 0.4) is 0 Å². The predicted octanol–water partition coefficient (Wildman–Crippen LogP) is 1.06. The average Bonchev–Trinajstić information content (AvgIpc) is 3.04. The summed E-state index contributed by atoms with van der Waals surface area (Å²) in [6.45, 7) is 5.34. The molecule has 1 saturated heterocycles. The first kappa shape index (κ1) is 16.2. The van der Waals surface area contributed by atoms with Gasteiger partial charge in [0.05, 0.1) is 6.54 Å². The molecule has 2 aromatic rings. The van der Waals surface area contributed by atoms with Crippen LogP contribution in [0.4, 0.5) is 0 Å². The number of benzene rings is 1. The van der Waals surface area contributed by atoms with Gasteiger partial charge in [-0.2, -0.15) is 0 Å². The minimum Gasteiger partial charge on any atom is -0.327 e. The number of hydrogen-bond acceptors (Lipinski definition) is 4. The van der Waals surface area contributed by atoms with Crippen LogP contribution in [-0.4, -0.2) is 49.0 Å². The quantitative estimate of drug-likeness (QED) is 0.823. The SMILES string of the molecule is CCn1cnnc1CN1C(=O)CN(Cc2ccccc2)C(=O)[C@H]1C. The summed E-state index contributed by atoms with van der Waals surface area (Å²) < 4.78 is 1.88. The highest BCUT2D eigenvalue weighted by atomic mass is 16.2. The van der Waals surface area contributed by atoms with E-state index in [9.17, 15) is 9.59 Å². The van der Waals surface area contributed by atoms with Gasteiger partial charge in [-0.25, -0.2) is 0 Å². The van der Waals surface area contributed by atoms with Crippen molar-refractivity contribution >= 4 is 11.8 Å². The standard InChI is InChI=1S/C17H21N5O2/c1-3-20-12-18-19-15(20)10-22-13(2)17(24)21(11-16(22)23)9-14-7-5-4-6-8-14/h4-8,12-13H,3,9-11H2,1-2H3/t13-/m1/s1. The smallest absolute Gasteiger partial charge is 0.245 e. The van der Waals surface area contributed by atoms with E-state index < -0.39 is 6.04 Å². The summed E-state index contributed by atoms with van der Waals surface area (Å²) in [5.41, 5.74) is 1.02.